The van der Waals surface area contributed by atoms with Crippen LogP contribution in [-0.2, 0) is 16.1 Å². The third-order valence-electron chi connectivity index (χ3n) is 6.25. The average molecular weight is 475 g/mol. The summed E-state index contributed by atoms with van der Waals surface area (Å²) in [6, 6.07) is 14.7. The van der Waals surface area contributed by atoms with Gasteiger partial charge in [-0.15, -0.1) is 5.10 Å². The van der Waals surface area contributed by atoms with Crippen molar-refractivity contribution in [2.75, 3.05) is 23.9 Å². The number of methoxy groups -OCH3 is 1. The van der Waals surface area contributed by atoms with Crippen LogP contribution < -0.4 is 10.2 Å². The molecule has 0 bridgehead atoms. The summed E-state index contributed by atoms with van der Waals surface area (Å²) in [4.78, 5) is 46.4. The Kier molecular flexibility index (Phi) is 6.28. The monoisotopic (exact) mass is 474 g/mol. The van der Waals surface area contributed by atoms with Gasteiger partial charge < -0.3 is 9.64 Å². The number of para-hydroxylation sites is 1. The van der Waals surface area contributed by atoms with E-state index in [-0.39, 0.29) is 30.3 Å². The molecular formula is C25H26N6O4. The van der Waals surface area contributed by atoms with E-state index in [0.29, 0.717) is 48.4 Å². The van der Waals surface area contributed by atoms with Crippen LogP contribution in [0, 0.1) is 0 Å². The molecule has 35 heavy (non-hydrogen) atoms. The summed E-state index contributed by atoms with van der Waals surface area (Å²) in [7, 11) is 1.55. The van der Waals surface area contributed by atoms with Gasteiger partial charge in [-0.2, -0.15) is 4.98 Å². The molecule has 2 aromatic carbocycles. The molecule has 10 nitrogen and oxygen atoms in total. The molecule has 0 aliphatic carbocycles. The van der Waals surface area contributed by atoms with Crippen molar-refractivity contribution in [2.24, 2.45) is 0 Å². The van der Waals surface area contributed by atoms with E-state index in [1.54, 1.807) is 23.0 Å². The van der Waals surface area contributed by atoms with E-state index in [1.165, 1.54) is 0 Å². The highest BCUT2D eigenvalue weighted by molar-refractivity contribution is 6.16. The molecule has 3 aromatic rings. The zero-order chi connectivity index (χ0) is 24.4. The Morgan fingerprint density at radius 3 is 2.63 bits per heavy atom. The number of H-pyrrole nitrogens is 1. The van der Waals surface area contributed by atoms with Gasteiger partial charge in [-0.3, -0.25) is 29.7 Å². The van der Waals surface area contributed by atoms with Crippen LogP contribution in [0.2, 0.25) is 0 Å². The highest BCUT2D eigenvalue weighted by atomic mass is 16.5. The third kappa shape index (κ3) is 4.28. The maximum absolute atomic E-state index is 13.4. The van der Waals surface area contributed by atoms with Crippen LogP contribution in [0.3, 0.4) is 0 Å². The molecule has 5 rings (SSSR count). The number of unbranched alkanes of at least 4 members (excludes halogenated alkanes) is 2. The van der Waals surface area contributed by atoms with Crippen molar-refractivity contribution in [3.63, 3.8) is 0 Å². The highest BCUT2D eigenvalue weighted by Crippen LogP contribution is 2.45. The molecule has 1 unspecified atom stereocenters. The van der Waals surface area contributed by atoms with E-state index in [2.05, 4.69) is 20.5 Å². The first-order valence-electron chi connectivity index (χ1n) is 11.6. The summed E-state index contributed by atoms with van der Waals surface area (Å²) < 4.78 is 4.97. The fourth-order valence-electron chi connectivity index (χ4n) is 4.68. The van der Waals surface area contributed by atoms with Crippen LogP contribution in [0.15, 0.2) is 48.5 Å². The topological polar surface area (TPSA) is 121 Å². The van der Waals surface area contributed by atoms with Crippen LogP contribution in [-0.4, -0.2) is 51.5 Å². The van der Waals surface area contributed by atoms with Crippen LogP contribution in [0.25, 0.3) is 0 Å². The van der Waals surface area contributed by atoms with Crippen molar-refractivity contribution >= 4 is 29.4 Å². The predicted molar refractivity (Wildman–Crippen MR) is 128 cm³/mol. The highest BCUT2D eigenvalue weighted by Gasteiger charge is 2.47. The number of anilines is 2. The van der Waals surface area contributed by atoms with Gasteiger partial charge in [0.25, 0.3) is 11.8 Å². The Labute approximate surface area is 202 Å². The van der Waals surface area contributed by atoms with Crippen LogP contribution in [0.5, 0.6) is 0 Å². The number of aromatic nitrogens is 3. The number of aromatic amines is 1. The van der Waals surface area contributed by atoms with Gasteiger partial charge in [0.1, 0.15) is 12.8 Å². The number of amides is 3. The van der Waals surface area contributed by atoms with E-state index in [1.807, 2.05) is 42.5 Å². The zero-order valence-corrected chi connectivity index (χ0v) is 19.4. The number of rotatable bonds is 9. The molecule has 2 aliphatic heterocycles. The fourth-order valence-corrected chi connectivity index (χ4v) is 4.68. The lowest BCUT2D eigenvalue weighted by Gasteiger charge is -2.41. The molecule has 3 amide bonds. The van der Waals surface area contributed by atoms with Crippen molar-refractivity contribution in [3.05, 3.63) is 71.0 Å². The van der Waals surface area contributed by atoms with Gasteiger partial charge in [0.2, 0.25) is 11.9 Å². The number of hydrogen-bond donors (Lipinski definition) is 2. The molecule has 1 atom stereocenters. The first-order chi connectivity index (χ1) is 17.1. The molecular weight excluding hydrogens is 448 g/mol. The maximum atomic E-state index is 13.4. The van der Waals surface area contributed by atoms with E-state index in [9.17, 15) is 14.4 Å². The molecule has 0 radical (unpaired) electrons. The van der Waals surface area contributed by atoms with Crippen LogP contribution in [0.4, 0.5) is 11.6 Å². The summed E-state index contributed by atoms with van der Waals surface area (Å²) in [6.07, 6.45) is 1.99. The SMILES string of the molecule is COCc1nc(NC(=O)CCCCCN2C(=O)c3ccccc3N3C(=O)c4ccccc4C23)n[nH]1. The quantitative estimate of drug-likeness (QED) is 0.459. The summed E-state index contributed by atoms with van der Waals surface area (Å²) in [5, 5.41) is 9.30. The minimum absolute atomic E-state index is 0.0828. The molecule has 180 valence electrons. The molecule has 0 saturated heterocycles. The number of benzene rings is 2. The Balaban J connectivity index is 1.21. The van der Waals surface area contributed by atoms with Gasteiger partial charge >= 0.3 is 0 Å². The summed E-state index contributed by atoms with van der Waals surface area (Å²) in [5.41, 5.74) is 2.66. The third-order valence-corrected chi connectivity index (χ3v) is 6.25. The number of nitrogens with one attached hydrogen (secondary N) is 2. The normalized spacial score (nSPS) is 16.2. The van der Waals surface area contributed by atoms with E-state index in [4.69, 9.17) is 4.74 Å². The Morgan fingerprint density at radius 1 is 1.03 bits per heavy atom. The number of fused-ring (bicyclic) bond motifs is 5. The van der Waals surface area contributed by atoms with Gasteiger partial charge in [-0.25, -0.2) is 0 Å². The number of carbonyl (C=O) groups is 3. The average Bonchev–Trinajstić information content (AvgIpc) is 3.43. The zero-order valence-electron chi connectivity index (χ0n) is 19.4. The second-order valence-electron chi connectivity index (χ2n) is 8.55. The van der Waals surface area contributed by atoms with Gasteiger partial charge in [0, 0.05) is 31.2 Å². The smallest absolute Gasteiger partial charge is 0.260 e. The second kappa shape index (κ2) is 9.67. The minimum Gasteiger partial charge on any atom is -0.377 e. The van der Waals surface area contributed by atoms with Gasteiger partial charge in [0.15, 0.2) is 5.82 Å². The maximum Gasteiger partial charge on any atom is 0.260 e. The van der Waals surface area contributed by atoms with E-state index < -0.39 is 6.17 Å². The standard InChI is InChI=1S/C25H26N6O4/c1-35-15-20-26-25(29-28-20)27-21(32)13-3-2-8-14-30-22-16-9-4-5-10-17(16)24(34)31(22)19-12-7-6-11-18(19)23(30)33/h4-7,9-12,22H,2-3,8,13-15H2,1H3,(H2,26,27,28,29,32). The molecule has 1 aromatic heterocycles. The van der Waals surface area contributed by atoms with E-state index in [0.717, 1.165) is 12.0 Å². The lowest BCUT2D eigenvalue weighted by molar-refractivity contribution is -0.116. The first-order valence-corrected chi connectivity index (χ1v) is 11.6. The molecule has 0 saturated carbocycles. The Bertz CT molecular complexity index is 1270. The molecule has 0 spiro atoms. The predicted octanol–water partition coefficient (Wildman–Crippen LogP) is 3.27. The number of nitrogens with zero attached hydrogens (tertiary/aromatic N) is 4. The fraction of sp³-hybridized carbons (Fsp3) is 0.320. The summed E-state index contributed by atoms with van der Waals surface area (Å²) in [5.74, 6) is 0.423. The van der Waals surface area contributed by atoms with Crippen molar-refractivity contribution < 1.29 is 19.1 Å². The second-order valence-corrected chi connectivity index (χ2v) is 8.55. The lowest BCUT2D eigenvalue weighted by atomic mass is 10.0. The van der Waals surface area contributed by atoms with Crippen molar-refractivity contribution in [3.8, 4) is 0 Å². The Hall–Kier alpha value is -4.05. The largest absolute Gasteiger partial charge is 0.377 e. The first kappa shape index (κ1) is 22.7. The Morgan fingerprint density at radius 2 is 1.80 bits per heavy atom. The summed E-state index contributed by atoms with van der Waals surface area (Å²) in [6.45, 7) is 0.774. The minimum atomic E-state index is -0.448. The van der Waals surface area contributed by atoms with Crippen molar-refractivity contribution in [1.29, 1.82) is 0 Å². The van der Waals surface area contributed by atoms with Gasteiger partial charge in [-0.1, -0.05) is 36.8 Å². The molecule has 2 aliphatic rings. The van der Waals surface area contributed by atoms with Crippen LogP contribution >= 0.6 is 0 Å². The van der Waals surface area contributed by atoms with Crippen molar-refractivity contribution in [2.45, 2.75) is 38.5 Å². The molecule has 2 N–H and O–H groups in total. The lowest BCUT2D eigenvalue weighted by Crippen LogP contribution is -2.48. The van der Waals surface area contributed by atoms with Crippen LogP contribution in [0.1, 0.15) is 64.0 Å². The van der Waals surface area contributed by atoms with Crippen molar-refractivity contribution in [1.82, 2.24) is 20.1 Å². The molecule has 10 heteroatoms. The number of hydrogen-bond acceptors (Lipinski definition) is 6. The van der Waals surface area contributed by atoms with Gasteiger partial charge in [0.05, 0.1) is 11.3 Å². The molecule has 0 fully saturated rings. The summed E-state index contributed by atoms with van der Waals surface area (Å²) >= 11 is 0. The van der Waals surface area contributed by atoms with E-state index >= 15 is 0 Å². The van der Waals surface area contributed by atoms with Gasteiger partial charge in [-0.05, 0) is 31.0 Å². The number of ether oxygens (including phenoxy) is 1. The number of carbonyl (C=O) groups excluding carboxylic acids is 3. The molecule has 3 heterocycles.